The highest BCUT2D eigenvalue weighted by Crippen LogP contribution is 2.19. The zero-order valence-electron chi connectivity index (χ0n) is 11.2. The zero-order valence-corrected chi connectivity index (χ0v) is 12.0. The molecule has 4 nitrogen and oxygen atoms in total. The van der Waals surface area contributed by atoms with Gasteiger partial charge in [0.15, 0.2) is 0 Å². The number of sulfonamides is 1. The van der Waals surface area contributed by atoms with E-state index in [9.17, 15) is 8.42 Å². The SMILES string of the molecule is O=S(=O)(CCCNC1CC1)NC1CCCCCC1. The van der Waals surface area contributed by atoms with Crippen molar-refractivity contribution < 1.29 is 8.42 Å². The largest absolute Gasteiger partial charge is 0.314 e. The normalized spacial score (nSPS) is 22.9. The molecule has 5 heteroatoms. The third kappa shape index (κ3) is 5.67. The molecule has 2 aliphatic rings. The van der Waals surface area contributed by atoms with Crippen LogP contribution >= 0.6 is 0 Å². The minimum atomic E-state index is -3.06. The monoisotopic (exact) mass is 274 g/mol. The number of hydrogen-bond acceptors (Lipinski definition) is 3. The van der Waals surface area contributed by atoms with Crippen LogP contribution in [-0.2, 0) is 10.0 Å². The smallest absolute Gasteiger partial charge is 0.211 e. The molecule has 2 rings (SSSR count). The molecule has 0 spiro atoms. The average Bonchev–Trinajstić information content (AvgIpc) is 3.11. The van der Waals surface area contributed by atoms with E-state index in [1.54, 1.807) is 0 Å². The van der Waals surface area contributed by atoms with Gasteiger partial charge in [0.25, 0.3) is 0 Å². The van der Waals surface area contributed by atoms with Crippen molar-refractivity contribution in [3.05, 3.63) is 0 Å². The lowest BCUT2D eigenvalue weighted by Gasteiger charge is -2.16. The topological polar surface area (TPSA) is 58.2 Å². The molecule has 0 aliphatic heterocycles. The summed E-state index contributed by atoms with van der Waals surface area (Å²) in [4.78, 5) is 0. The first kappa shape index (κ1) is 14.3. The molecule has 18 heavy (non-hydrogen) atoms. The lowest BCUT2D eigenvalue weighted by Crippen LogP contribution is -2.36. The van der Waals surface area contributed by atoms with Gasteiger partial charge >= 0.3 is 0 Å². The van der Waals surface area contributed by atoms with E-state index in [2.05, 4.69) is 10.0 Å². The van der Waals surface area contributed by atoms with Crippen molar-refractivity contribution in [2.45, 2.75) is 69.9 Å². The Hall–Kier alpha value is -0.130. The van der Waals surface area contributed by atoms with Crippen molar-refractivity contribution in [1.82, 2.24) is 10.0 Å². The predicted octanol–water partition coefficient (Wildman–Crippen LogP) is 1.77. The van der Waals surface area contributed by atoms with Crippen LogP contribution in [0.2, 0.25) is 0 Å². The maximum absolute atomic E-state index is 11.9. The Morgan fingerprint density at radius 2 is 1.56 bits per heavy atom. The van der Waals surface area contributed by atoms with Gasteiger partial charge in [0.2, 0.25) is 10.0 Å². The molecule has 0 atom stereocenters. The lowest BCUT2D eigenvalue weighted by molar-refractivity contribution is 0.508. The number of nitrogens with one attached hydrogen (secondary N) is 2. The van der Waals surface area contributed by atoms with Crippen LogP contribution in [0.5, 0.6) is 0 Å². The quantitative estimate of drug-likeness (QED) is 0.549. The maximum Gasteiger partial charge on any atom is 0.211 e. The molecule has 0 aromatic carbocycles. The van der Waals surface area contributed by atoms with Gasteiger partial charge in [-0.1, -0.05) is 25.7 Å². The van der Waals surface area contributed by atoms with Crippen LogP contribution in [0.4, 0.5) is 0 Å². The van der Waals surface area contributed by atoms with Gasteiger partial charge in [-0.05, 0) is 38.6 Å². The minimum absolute atomic E-state index is 0.189. The summed E-state index contributed by atoms with van der Waals surface area (Å²) in [7, 11) is -3.06. The van der Waals surface area contributed by atoms with E-state index in [1.165, 1.54) is 25.7 Å². The van der Waals surface area contributed by atoms with Crippen LogP contribution in [0.25, 0.3) is 0 Å². The van der Waals surface area contributed by atoms with Crippen LogP contribution < -0.4 is 10.0 Å². The van der Waals surface area contributed by atoms with Crippen molar-refractivity contribution in [1.29, 1.82) is 0 Å². The Bertz CT molecular complexity index is 331. The summed E-state index contributed by atoms with van der Waals surface area (Å²) in [6, 6.07) is 0.858. The summed E-state index contributed by atoms with van der Waals surface area (Å²) in [6.45, 7) is 0.830. The van der Waals surface area contributed by atoms with E-state index >= 15 is 0 Å². The second kappa shape index (κ2) is 6.87. The van der Waals surface area contributed by atoms with Gasteiger partial charge in [-0.2, -0.15) is 0 Å². The highest BCUT2D eigenvalue weighted by Gasteiger charge is 2.21. The summed E-state index contributed by atoms with van der Waals surface area (Å²) < 4.78 is 26.7. The number of hydrogen-bond donors (Lipinski definition) is 2. The third-order valence-electron chi connectivity index (χ3n) is 3.80. The standard InChI is InChI=1S/C13H26N2O2S/c16-18(17,11-5-10-14-12-8-9-12)15-13-6-3-1-2-4-7-13/h12-15H,1-11H2. The van der Waals surface area contributed by atoms with Crippen LogP contribution in [0.3, 0.4) is 0 Å². The van der Waals surface area contributed by atoms with Crippen molar-refractivity contribution in [3.8, 4) is 0 Å². The lowest BCUT2D eigenvalue weighted by atomic mass is 10.1. The second-order valence-electron chi connectivity index (χ2n) is 5.71. The molecule has 0 unspecified atom stereocenters. The number of rotatable bonds is 7. The molecule has 2 N–H and O–H groups in total. The highest BCUT2D eigenvalue weighted by molar-refractivity contribution is 7.89. The van der Waals surface area contributed by atoms with Gasteiger partial charge in [-0.15, -0.1) is 0 Å². The summed E-state index contributed by atoms with van der Waals surface area (Å²) in [5.41, 5.74) is 0. The molecule has 0 bridgehead atoms. The molecule has 0 saturated heterocycles. The average molecular weight is 274 g/mol. The molecule has 2 aliphatic carbocycles. The molecule has 2 saturated carbocycles. The van der Waals surface area contributed by atoms with E-state index in [4.69, 9.17) is 0 Å². The second-order valence-corrected chi connectivity index (χ2v) is 7.58. The Morgan fingerprint density at radius 3 is 2.17 bits per heavy atom. The zero-order chi connectivity index (χ0) is 12.8. The molecule has 0 aromatic heterocycles. The molecule has 0 aromatic rings. The summed E-state index contributed by atoms with van der Waals surface area (Å²) in [5, 5.41) is 3.35. The van der Waals surface area contributed by atoms with E-state index in [0.29, 0.717) is 6.04 Å². The fourth-order valence-electron chi connectivity index (χ4n) is 2.57. The van der Waals surface area contributed by atoms with Crippen molar-refractivity contribution in [2.24, 2.45) is 0 Å². The molecule has 2 fully saturated rings. The highest BCUT2D eigenvalue weighted by atomic mass is 32.2. The summed E-state index contributed by atoms with van der Waals surface area (Å²) in [5.74, 6) is 0.267. The van der Waals surface area contributed by atoms with Gasteiger partial charge in [-0.25, -0.2) is 13.1 Å². The molecule has 0 heterocycles. The maximum atomic E-state index is 11.9. The van der Waals surface area contributed by atoms with Crippen LogP contribution in [0.15, 0.2) is 0 Å². The Balaban J connectivity index is 1.64. The Morgan fingerprint density at radius 1 is 0.889 bits per heavy atom. The minimum Gasteiger partial charge on any atom is -0.314 e. The van der Waals surface area contributed by atoms with Gasteiger partial charge in [0, 0.05) is 12.1 Å². The fraction of sp³-hybridized carbons (Fsp3) is 1.00. The molecule has 106 valence electrons. The van der Waals surface area contributed by atoms with E-state index in [-0.39, 0.29) is 11.8 Å². The third-order valence-corrected chi connectivity index (χ3v) is 5.32. The van der Waals surface area contributed by atoms with Gasteiger partial charge in [-0.3, -0.25) is 0 Å². The fourth-order valence-corrected chi connectivity index (χ4v) is 3.95. The molecular weight excluding hydrogens is 248 g/mol. The van der Waals surface area contributed by atoms with Crippen molar-refractivity contribution >= 4 is 10.0 Å². The van der Waals surface area contributed by atoms with E-state index in [1.807, 2.05) is 0 Å². The Labute approximate surface area is 111 Å². The Kier molecular flexibility index (Phi) is 5.45. The first-order valence-electron chi connectivity index (χ1n) is 7.39. The molecular formula is C13H26N2O2S. The van der Waals surface area contributed by atoms with Crippen LogP contribution in [0.1, 0.15) is 57.8 Å². The van der Waals surface area contributed by atoms with Gasteiger partial charge < -0.3 is 5.32 Å². The van der Waals surface area contributed by atoms with Crippen molar-refractivity contribution in [3.63, 3.8) is 0 Å². The first-order valence-corrected chi connectivity index (χ1v) is 9.04. The predicted molar refractivity (Wildman–Crippen MR) is 74.1 cm³/mol. The van der Waals surface area contributed by atoms with Crippen LogP contribution in [-0.4, -0.2) is 32.8 Å². The molecule has 0 radical (unpaired) electrons. The summed E-state index contributed by atoms with van der Waals surface area (Å²) >= 11 is 0. The van der Waals surface area contributed by atoms with E-state index < -0.39 is 10.0 Å². The van der Waals surface area contributed by atoms with Crippen LogP contribution in [0, 0.1) is 0 Å². The first-order chi connectivity index (χ1) is 8.66. The van der Waals surface area contributed by atoms with Gasteiger partial charge in [0.1, 0.15) is 0 Å². The van der Waals surface area contributed by atoms with E-state index in [0.717, 1.165) is 38.6 Å². The van der Waals surface area contributed by atoms with Gasteiger partial charge in [0.05, 0.1) is 5.75 Å². The summed E-state index contributed by atoms with van der Waals surface area (Å²) in [6.07, 6.45) is 10.1. The molecule has 0 amide bonds. The van der Waals surface area contributed by atoms with Crippen molar-refractivity contribution in [2.75, 3.05) is 12.3 Å².